The molecular formula is C14H14ClNO3. The molecule has 0 amide bonds. The van der Waals surface area contributed by atoms with Gasteiger partial charge in [-0.25, -0.2) is 4.79 Å². The Hall–Kier alpha value is -1.78. The summed E-state index contributed by atoms with van der Waals surface area (Å²) < 4.78 is 5.21. The quantitative estimate of drug-likeness (QED) is 0.913. The highest BCUT2D eigenvalue weighted by Gasteiger charge is 2.14. The van der Waals surface area contributed by atoms with Crippen molar-refractivity contribution in [2.75, 3.05) is 7.05 Å². The van der Waals surface area contributed by atoms with E-state index in [1.54, 1.807) is 0 Å². The Morgan fingerprint density at radius 3 is 2.58 bits per heavy atom. The number of carboxylic acid groups (broad SMARTS) is 1. The maximum Gasteiger partial charge on any atom is 0.339 e. The molecule has 5 heteroatoms. The van der Waals surface area contributed by atoms with E-state index in [2.05, 4.69) is 0 Å². The van der Waals surface area contributed by atoms with E-state index in [-0.39, 0.29) is 5.56 Å². The van der Waals surface area contributed by atoms with Crippen LogP contribution in [0.5, 0.6) is 0 Å². The summed E-state index contributed by atoms with van der Waals surface area (Å²) in [7, 11) is 1.91. The van der Waals surface area contributed by atoms with Crippen molar-refractivity contribution >= 4 is 17.6 Å². The zero-order chi connectivity index (χ0) is 13.8. The highest BCUT2D eigenvalue weighted by Crippen LogP contribution is 2.15. The number of aromatic carboxylic acids is 1. The SMILES string of the molecule is CN(Cc1ccc(Cl)cc1)Cc1occc1C(=O)O. The fraction of sp³-hybridized carbons (Fsp3) is 0.214. The fourth-order valence-corrected chi connectivity index (χ4v) is 1.98. The number of halogens is 1. The molecule has 0 aliphatic heterocycles. The number of furan rings is 1. The first-order valence-electron chi connectivity index (χ1n) is 5.79. The molecule has 0 bridgehead atoms. The smallest absolute Gasteiger partial charge is 0.339 e. The van der Waals surface area contributed by atoms with Crippen LogP contribution in [-0.4, -0.2) is 23.0 Å². The summed E-state index contributed by atoms with van der Waals surface area (Å²) in [6, 6.07) is 9.02. The largest absolute Gasteiger partial charge is 0.478 e. The minimum absolute atomic E-state index is 0.211. The summed E-state index contributed by atoms with van der Waals surface area (Å²) in [5, 5.41) is 9.69. The minimum atomic E-state index is -0.969. The predicted octanol–water partition coefficient (Wildman–Crippen LogP) is 3.26. The van der Waals surface area contributed by atoms with E-state index < -0.39 is 5.97 Å². The third-order valence-corrected chi connectivity index (χ3v) is 3.01. The zero-order valence-corrected chi connectivity index (χ0v) is 11.2. The monoisotopic (exact) mass is 279 g/mol. The summed E-state index contributed by atoms with van der Waals surface area (Å²) >= 11 is 5.83. The van der Waals surface area contributed by atoms with Crippen LogP contribution in [-0.2, 0) is 13.1 Å². The van der Waals surface area contributed by atoms with Crippen LogP contribution in [0.1, 0.15) is 21.7 Å². The average molecular weight is 280 g/mol. The predicted molar refractivity (Wildman–Crippen MR) is 72.3 cm³/mol. The van der Waals surface area contributed by atoms with Crippen LogP contribution in [0.4, 0.5) is 0 Å². The highest BCUT2D eigenvalue weighted by atomic mass is 35.5. The first-order valence-corrected chi connectivity index (χ1v) is 6.16. The second-order valence-electron chi connectivity index (χ2n) is 4.36. The second-order valence-corrected chi connectivity index (χ2v) is 4.80. The number of carboxylic acids is 1. The van der Waals surface area contributed by atoms with Crippen LogP contribution in [0.3, 0.4) is 0 Å². The molecule has 0 aliphatic rings. The van der Waals surface area contributed by atoms with Gasteiger partial charge in [-0.15, -0.1) is 0 Å². The van der Waals surface area contributed by atoms with Crippen LogP contribution in [0.15, 0.2) is 41.0 Å². The third-order valence-electron chi connectivity index (χ3n) is 2.76. The first kappa shape index (κ1) is 13.6. The van der Waals surface area contributed by atoms with Crippen molar-refractivity contribution in [3.8, 4) is 0 Å². The van der Waals surface area contributed by atoms with Gasteiger partial charge in [0, 0.05) is 11.6 Å². The Morgan fingerprint density at radius 2 is 1.95 bits per heavy atom. The molecule has 4 nitrogen and oxygen atoms in total. The molecule has 0 fully saturated rings. The van der Waals surface area contributed by atoms with Crippen molar-refractivity contribution in [2.45, 2.75) is 13.1 Å². The van der Waals surface area contributed by atoms with E-state index in [0.717, 1.165) is 5.56 Å². The summed E-state index contributed by atoms with van der Waals surface area (Å²) in [6.45, 7) is 1.13. The molecule has 1 aromatic carbocycles. The average Bonchev–Trinajstić information content (AvgIpc) is 2.80. The second kappa shape index (κ2) is 5.91. The molecule has 0 atom stereocenters. The van der Waals surface area contributed by atoms with Gasteiger partial charge >= 0.3 is 5.97 Å². The highest BCUT2D eigenvalue weighted by molar-refractivity contribution is 6.30. The Kier molecular flexibility index (Phi) is 4.24. The standard InChI is InChI=1S/C14H14ClNO3/c1-16(8-10-2-4-11(15)5-3-10)9-13-12(14(17)18)6-7-19-13/h2-7H,8-9H2,1H3,(H,17,18). The lowest BCUT2D eigenvalue weighted by atomic mass is 10.2. The molecule has 1 aromatic heterocycles. The first-order chi connectivity index (χ1) is 9.06. The molecule has 2 rings (SSSR count). The molecule has 0 spiro atoms. The minimum Gasteiger partial charge on any atom is -0.478 e. The number of carbonyl (C=O) groups is 1. The van der Waals surface area contributed by atoms with E-state index in [1.807, 2.05) is 36.2 Å². The van der Waals surface area contributed by atoms with Gasteiger partial charge in [-0.1, -0.05) is 23.7 Å². The van der Waals surface area contributed by atoms with Crippen LogP contribution >= 0.6 is 11.6 Å². The molecular weight excluding hydrogens is 266 g/mol. The zero-order valence-electron chi connectivity index (χ0n) is 10.5. The molecule has 1 N–H and O–H groups in total. The van der Waals surface area contributed by atoms with Gasteiger partial charge in [0.2, 0.25) is 0 Å². The van der Waals surface area contributed by atoms with E-state index in [1.165, 1.54) is 12.3 Å². The molecule has 19 heavy (non-hydrogen) atoms. The molecule has 100 valence electrons. The van der Waals surface area contributed by atoms with E-state index in [9.17, 15) is 4.79 Å². The lowest BCUT2D eigenvalue weighted by Crippen LogP contribution is -2.18. The topological polar surface area (TPSA) is 53.7 Å². The number of hydrogen-bond donors (Lipinski definition) is 1. The molecule has 0 radical (unpaired) electrons. The molecule has 1 heterocycles. The number of nitrogens with zero attached hydrogens (tertiary/aromatic N) is 1. The molecule has 2 aromatic rings. The van der Waals surface area contributed by atoms with Gasteiger partial charge in [0.25, 0.3) is 0 Å². The van der Waals surface area contributed by atoms with Crippen molar-refractivity contribution in [1.29, 1.82) is 0 Å². The van der Waals surface area contributed by atoms with Gasteiger partial charge < -0.3 is 9.52 Å². The van der Waals surface area contributed by atoms with Crippen molar-refractivity contribution < 1.29 is 14.3 Å². The maximum atomic E-state index is 11.0. The number of hydrogen-bond acceptors (Lipinski definition) is 3. The van der Waals surface area contributed by atoms with Crippen LogP contribution < -0.4 is 0 Å². The van der Waals surface area contributed by atoms with Crippen molar-refractivity contribution in [3.05, 3.63) is 58.5 Å². The lowest BCUT2D eigenvalue weighted by Gasteiger charge is -2.15. The van der Waals surface area contributed by atoms with Gasteiger partial charge in [-0.3, -0.25) is 4.90 Å². The van der Waals surface area contributed by atoms with Crippen molar-refractivity contribution in [2.24, 2.45) is 0 Å². The summed E-state index contributed by atoms with van der Waals surface area (Å²) in [5.74, 6) is -0.507. The number of rotatable bonds is 5. The van der Waals surface area contributed by atoms with Crippen LogP contribution in [0, 0.1) is 0 Å². The molecule has 0 unspecified atom stereocenters. The van der Waals surface area contributed by atoms with E-state index >= 15 is 0 Å². The molecule has 0 aliphatic carbocycles. The third kappa shape index (κ3) is 3.59. The molecule has 0 saturated carbocycles. The maximum absolute atomic E-state index is 11.0. The Bertz CT molecular complexity index is 562. The van der Waals surface area contributed by atoms with E-state index in [0.29, 0.717) is 23.9 Å². The van der Waals surface area contributed by atoms with Gasteiger partial charge in [0.1, 0.15) is 11.3 Å². The Balaban J connectivity index is 2.01. The molecule has 0 saturated heterocycles. The number of benzene rings is 1. The van der Waals surface area contributed by atoms with Crippen LogP contribution in [0.2, 0.25) is 5.02 Å². The van der Waals surface area contributed by atoms with Gasteiger partial charge in [0.15, 0.2) is 0 Å². The summed E-state index contributed by atoms with van der Waals surface area (Å²) in [5.41, 5.74) is 1.32. The fourth-order valence-electron chi connectivity index (χ4n) is 1.86. The van der Waals surface area contributed by atoms with E-state index in [4.69, 9.17) is 21.1 Å². The Labute approximate surface area is 116 Å². The van der Waals surface area contributed by atoms with Crippen molar-refractivity contribution in [1.82, 2.24) is 4.90 Å². The summed E-state index contributed by atoms with van der Waals surface area (Å²) in [6.07, 6.45) is 1.40. The normalized spacial score (nSPS) is 10.9. The van der Waals surface area contributed by atoms with Crippen molar-refractivity contribution in [3.63, 3.8) is 0 Å². The lowest BCUT2D eigenvalue weighted by molar-refractivity contribution is 0.0693. The van der Waals surface area contributed by atoms with Gasteiger partial charge in [0.05, 0.1) is 12.8 Å². The van der Waals surface area contributed by atoms with Gasteiger partial charge in [-0.2, -0.15) is 0 Å². The van der Waals surface area contributed by atoms with Crippen LogP contribution in [0.25, 0.3) is 0 Å². The Morgan fingerprint density at radius 1 is 1.26 bits per heavy atom. The summed E-state index contributed by atoms with van der Waals surface area (Å²) in [4.78, 5) is 12.9. The van der Waals surface area contributed by atoms with Gasteiger partial charge in [-0.05, 0) is 30.8 Å².